The number of benzene rings is 1. The van der Waals surface area contributed by atoms with Crippen molar-refractivity contribution < 1.29 is 24.2 Å². The summed E-state index contributed by atoms with van der Waals surface area (Å²) >= 11 is 0. The topological polar surface area (TPSA) is 95.9 Å². The van der Waals surface area contributed by atoms with Gasteiger partial charge in [-0.25, -0.2) is 4.79 Å². The lowest BCUT2D eigenvalue weighted by Gasteiger charge is -2.31. The Kier molecular flexibility index (Phi) is 6.12. The third-order valence-electron chi connectivity index (χ3n) is 3.56. The highest BCUT2D eigenvalue weighted by Gasteiger charge is 2.35. The molecule has 7 nitrogen and oxygen atoms in total. The SMILES string of the molecule is CCOc1ccc(C(=O)NCC(=O)N(C)C(C)(C)C(=O)O)cc1. The van der Waals surface area contributed by atoms with E-state index < -0.39 is 23.3 Å². The highest BCUT2D eigenvalue weighted by molar-refractivity contribution is 5.97. The van der Waals surface area contributed by atoms with E-state index in [1.807, 2.05) is 6.92 Å². The second-order valence-corrected chi connectivity index (χ2v) is 5.46. The van der Waals surface area contributed by atoms with E-state index in [0.29, 0.717) is 17.9 Å². The fourth-order valence-corrected chi connectivity index (χ4v) is 1.70. The van der Waals surface area contributed by atoms with Crippen LogP contribution in [0, 0.1) is 0 Å². The van der Waals surface area contributed by atoms with Crippen LogP contribution in [0.4, 0.5) is 0 Å². The summed E-state index contributed by atoms with van der Waals surface area (Å²) in [5.74, 6) is -1.37. The smallest absolute Gasteiger partial charge is 0.329 e. The molecule has 0 aliphatic carbocycles. The summed E-state index contributed by atoms with van der Waals surface area (Å²) < 4.78 is 5.28. The zero-order chi connectivity index (χ0) is 17.6. The first-order valence-electron chi connectivity index (χ1n) is 7.21. The Morgan fingerprint density at radius 2 is 1.78 bits per heavy atom. The van der Waals surface area contributed by atoms with Crippen molar-refractivity contribution >= 4 is 17.8 Å². The predicted octanol–water partition coefficient (Wildman–Crippen LogP) is 1.14. The van der Waals surface area contributed by atoms with Gasteiger partial charge in [-0.2, -0.15) is 0 Å². The van der Waals surface area contributed by atoms with Crippen molar-refractivity contribution in [3.8, 4) is 5.75 Å². The standard InChI is InChI=1S/C16H22N2O5/c1-5-23-12-8-6-11(7-9-12)14(20)17-10-13(19)18(4)16(2,3)15(21)22/h6-9H,5,10H2,1-4H3,(H,17,20)(H,21,22). The van der Waals surface area contributed by atoms with Crippen LogP contribution in [-0.2, 0) is 9.59 Å². The molecular formula is C16H22N2O5. The number of aliphatic carboxylic acids is 1. The summed E-state index contributed by atoms with van der Waals surface area (Å²) in [4.78, 5) is 36.2. The Balaban J connectivity index is 2.62. The van der Waals surface area contributed by atoms with Crippen LogP contribution in [0.25, 0.3) is 0 Å². The molecule has 0 heterocycles. The molecule has 0 saturated carbocycles. The number of amides is 2. The van der Waals surface area contributed by atoms with E-state index in [1.54, 1.807) is 24.3 Å². The fraction of sp³-hybridized carbons (Fsp3) is 0.438. The maximum atomic E-state index is 12.0. The van der Waals surface area contributed by atoms with E-state index in [0.717, 1.165) is 4.90 Å². The van der Waals surface area contributed by atoms with Gasteiger partial charge in [-0.1, -0.05) is 0 Å². The molecule has 0 aliphatic rings. The molecule has 0 spiro atoms. The number of hydrogen-bond acceptors (Lipinski definition) is 4. The fourth-order valence-electron chi connectivity index (χ4n) is 1.70. The van der Waals surface area contributed by atoms with Gasteiger partial charge in [-0.3, -0.25) is 9.59 Å². The largest absolute Gasteiger partial charge is 0.494 e. The van der Waals surface area contributed by atoms with Crippen molar-refractivity contribution in [2.24, 2.45) is 0 Å². The zero-order valence-corrected chi connectivity index (χ0v) is 13.8. The van der Waals surface area contributed by atoms with E-state index in [2.05, 4.69) is 5.32 Å². The van der Waals surface area contributed by atoms with Crippen LogP contribution in [0.3, 0.4) is 0 Å². The Labute approximate surface area is 135 Å². The zero-order valence-electron chi connectivity index (χ0n) is 13.8. The Hall–Kier alpha value is -2.57. The molecule has 0 aliphatic heterocycles. The van der Waals surface area contributed by atoms with Gasteiger partial charge in [-0.15, -0.1) is 0 Å². The van der Waals surface area contributed by atoms with Gasteiger partial charge < -0.3 is 20.1 Å². The lowest BCUT2D eigenvalue weighted by Crippen LogP contribution is -2.53. The normalized spacial score (nSPS) is 10.8. The number of rotatable bonds is 7. The number of hydrogen-bond donors (Lipinski definition) is 2. The number of carbonyl (C=O) groups is 3. The lowest BCUT2D eigenvalue weighted by molar-refractivity contribution is -0.154. The third kappa shape index (κ3) is 4.70. The summed E-state index contributed by atoms with van der Waals surface area (Å²) in [5.41, 5.74) is -0.956. The predicted molar refractivity (Wildman–Crippen MR) is 84.4 cm³/mol. The molecule has 126 valence electrons. The van der Waals surface area contributed by atoms with Gasteiger partial charge in [0, 0.05) is 12.6 Å². The molecule has 1 aromatic rings. The quantitative estimate of drug-likeness (QED) is 0.785. The number of ether oxygens (including phenoxy) is 1. The highest BCUT2D eigenvalue weighted by atomic mass is 16.5. The van der Waals surface area contributed by atoms with Crippen LogP contribution >= 0.6 is 0 Å². The van der Waals surface area contributed by atoms with E-state index in [1.165, 1.54) is 20.9 Å². The van der Waals surface area contributed by atoms with Crippen LogP contribution in [-0.4, -0.2) is 53.5 Å². The molecular weight excluding hydrogens is 300 g/mol. The van der Waals surface area contributed by atoms with Gasteiger partial charge in [0.25, 0.3) is 5.91 Å². The van der Waals surface area contributed by atoms with Gasteiger partial charge in [0.05, 0.1) is 13.2 Å². The molecule has 1 rings (SSSR count). The van der Waals surface area contributed by atoms with Crippen molar-refractivity contribution in [3.63, 3.8) is 0 Å². The molecule has 23 heavy (non-hydrogen) atoms. The first-order valence-corrected chi connectivity index (χ1v) is 7.21. The lowest BCUT2D eigenvalue weighted by atomic mass is 10.0. The molecule has 0 unspecified atom stereocenters. The van der Waals surface area contributed by atoms with Crippen molar-refractivity contribution in [3.05, 3.63) is 29.8 Å². The average Bonchev–Trinajstić information content (AvgIpc) is 2.52. The minimum Gasteiger partial charge on any atom is -0.494 e. The summed E-state index contributed by atoms with van der Waals surface area (Å²) in [6, 6.07) is 6.52. The van der Waals surface area contributed by atoms with Gasteiger partial charge in [0.1, 0.15) is 11.3 Å². The van der Waals surface area contributed by atoms with E-state index in [-0.39, 0.29) is 6.54 Å². The Bertz CT molecular complexity index is 581. The van der Waals surface area contributed by atoms with E-state index >= 15 is 0 Å². The van der Waals surface area contributed by atoms with Gasteiger partial charge in [-0.05, 0) is 45.0 Å². The minimum absolute atomic E-state index is 0.279. The number of likely N-dealkylation sites (N-methyl/N-ethyl adjacent to an activating group) is 1. The molecule has 2 amide bonds. The highest BCUT2D eigenvalue weighted by Crippen LogP contribution is 2.13. The molecule has 0 saturated heterocycles. The third-order valence-corrected chi connectivity index (χ3v) is 3.56. The van der Waals surface area contributed by atoms with Crippen molar-refractivity contribution in [2.75, 3.05) is 20.2 Å². The molecule has 0 atom stereocenters. The molecule has 2 N–H and O–H groups in total. The number of carboxylic acids is 1. The monoisotopic (exact) mass is 322 g/mol. The number of carboxylic acid groups (broad SMARTS) is 1. The second kappa shape index (κ2) is 7.62. The van der Waals surface area contributed by atoms with Crippen LogP contribution in [0.5, 0.6) is 5.75 Å². The van der Waals surface area contributed by atoms with Crippen LogP contribution in [0.2, 0.25) is 0 Å². The number of carbonyl (C=O) groups excluding carboxylic acids is 2. The van der Waals surface area contributed by atoms with E-state index in [9.17, 15) is 14.4 Å². The molecule has 7 heteroatoms. The van der Waals surface area contributed by atoms with Crippen molar-refractivity contribution in [2.45, 2.75) is 26.3 Å². The summed E-state index contributed by atoms with van der Waals surface area (Å²) in [6.45, 7) is 4.95. The van der Waals surface area contributed by atoms with Gasteiger partial charge >= 0.3 is 5.97 Å². The van der Waals surface area contributed by atoms with Crippen LogP contribution < -0.4 is 10.1 Å². The van der Waals surface area contributed by atoms with Crippen LogP contribution in [0.1, 0.15) is 31.1 Å². The Morgan fingerprint density at radius 1 is 1.22 bits per heavy atom. The maximum absolute atomic E-state index is 12.0. The van der Waals surface area contributed by atoms with Crippen molar-refractivity contribution in [1.82, 2.24) is 10.2 Å². The van der Waals surface area contributed by atoms with Crippen molar-refractivity contribution in [1.29, 1.82) is 0 Å². The molecule has 0 fully saturated rings. The van der Waals surface area contributed by atoms with Gasteiger partial charge in [0.2, 0.25) is 5.91 Å². The van der Waals surface area contributed by atoms with Gasteiger partial charge in [0.15, 0.2) is 0 Å². The minimum atomic E-state index is -1.35. The first-order chi connectivity index (χ1) is 10.7. The number of nitrogens with zero attached hydrogens (tertiary/aromatic N) is 1. The van der Waals surface area contributed by atoms with E-state index in [4.69, 9.17) is 9.84 Å². The maximum Gasteiger partial charge on any atom is 0.329 e. The molecule has 0 aromatic heterocycles. The summed E-state index contributed by atoms with van der Waals surface area (Å²) in [5, 5.41) is 11.6. The first kappa shape index (κ1) is 18.5. The Morgan fingerprint density at radius 3 is 2.26 bits per heavy atom. The molecule has 0 radical (unpaired) electrons. The number of nitrogens with one attached hydrogen (secondary N) is 1. The second-order valence-electron chi connectivity index (χ2n) is 5.46. The average molecular weight is 322 g/mol. The summed E-state index contributed by atoms with van der Waals surface area (Å²) in [7, 11) is 1.39. The molecule has 0 bridgehead atoms. The summed E-state index contributed by atoms with van der Waals surface area (Å²) in [6.07, 6.45) is 0. The van der Waals surface area contributed by atoms with Crippen LogP contribution in [0.15, 0.2) is 24.3 Å². The molecule has 1 aromatic carbocycles.